The first-order valence-corrected chi connectivity index (χ1v) is 7.19. The molecule has 0 aromatic heterocycles. The zero-order chi connectivity index (χ0) is 13.1. The Kier molecular flexibility index (Phi) is 5.11. The number of Topliss-reactive ketones (excluding diaryl/α,β-unsaturated/α-hetero) is 1. The molecule has 0 atom stereocenters. The Hall–Kier alpha value is -0.440. The molecule has 0 bridgehead atoms. The van der Waals surface area contributed by atoms with Crippen molar-refractivity contribution in [1.82, 2.24) is 4.90 Å². The summed E-state index contributed by atoms with van der Waals surface area (Å²) in [5.41, 5.74) is -0.282. The number of rotatable bonds is 5. The molecule has 0 unspecified atom stereocenters. The fourth-order valence-electron chi connectivity index (χ4n) is 3.23. The molecule has 0 aliphatic heterocycles. The van der Waals surface area contributed by atoms with Crippen LogP contribution in [0.4, 0.5) is 0 Å². The van der Waals surface area contributed by atoms with E-state index in [0.29, 0.717) is 18.2 Å². The van der Waals surface area contributed by atoms with Crippen molar-refractivity contribution in [3.63, 3.8) is 0 Å². The number of carbonyl (C=O) groups excluding carboxylic acids is 1. The van der Waals surface area contributed by atoms with Gasteiger partial charge in [0.25, 0.3) is 0 Å². The van der Waals surface area contributed by atoms with Crippen molar-refractivity contribution in [1.29, 1.82) is 0 Å². The van der Waals surface area contributed by atoms with Crippen LogP contribution in [0.25, 0.3) is 0 Å². The lowest BCUT2D eigenvalue weighted by Gasteiger charge is -2.44. The second-order valence-corrected chi connectivity index (χ2v) is 5.99. The summed E-state index contributed by atoms with van der Waals surface area (Å²) in [4.78, 5) is 15.6. The van der Waals surface area contributed by atoms with Gasteiger partial charge in [0.1, 0.15) is 0 Å². The predicted molar refractivity (Wildman–Crippen MR) is 76.4 cm³/mol. The van der Waals surface area contributed by atoms with Crippen molar-refractivity contribution in [2.75, 3.05) is 0 Å². The molecule has 1 saturated carbocycles. The van der Waals surface area contributed by atoms with Crippen molar-refractivity contribution in [2.24, 2.45) is 0 Å². The van der Waals surface area contributed by atoms with Crippen LogP contribution in [0.2, 0.25) is 0 Å². The average molecular weight is 255 g/mol. The second kappa shape index (κ2) is 5.94. The number of nitrogens with zero attached hydrogens (tertiary/aromatic N) is 1. The molecule has 3 heteroatoms. The first kappa shape index (κ1) is 14.6. The van der Waals surface area contributed by atoms with E-state index in [1.54, 1.807) is 0 Å². The number of carbonyl (C=O) groups is 1. The summed E-state index contributed by atoms with van der Waals surface area (Å²) in [7, 11) is 0. The monoisotopic (exact) mass is 255 g/mol. The minimum Gasteiger partial charge on any atom is -0.351 e. The third-order valence-corrected chi connectivity index (χ3v) is 3.94. The summed E-state index contributed by atoms with van der Waals surface area (Å²) < 4.78 is 0. The van der Waals surface area contributed by atoms with Crippen LogP contribution in [0.5, 0.6) is 0 Å². The maximum atomic E-state index is 12.5. The van der Waals surface area contributed by atoms with Crippen molar-refractivity contribution in [3.8, 4) is 0 Å². The lowest BCUT2D eigenvalue weighted by molar-refractivity contribution is -0.129. The van der Waals surface area contributed by atoms with Gasteiger partial charge in [0, 0.05) is 12.5 Å². The van der Waals surface area contributed by atoms with Gasteiger partial charge in [-0.15, -0.1) is 0 Å². The van der Waals surface area contributed by atoms with E-state index >= 15 is 0 Å². The fraction of sp³-hybridized carbons (Fsp3) is 0.857. The molecule has 0 N–H and O–H groups in total. The van der Waals surface area contributed by atoms with E-state index in [2.05, 4.69) is 25.7 Å². The molecule has 1 aliphatic carbocycles. The van der Waals surface area contributed by atoms with Crippen LogP contribution >= 0.6 is 12.2 Å². The summed E-state index contributed by atoms with van der Waals surface area (Å²) >= 11 is 5.38. The van der Waals surface area contributed by atoms with E-state index in [-0.39, 0.29) is 5.54 Å². The largest absolute Gasteiger partial charge is 0.351 e. The first-order chi connectivity index (χ1) is 7.95. The van der Waals surface area contributed by atoms with Crippen LogP contribution in [0.3, 0.4) is 0 Å². The maximum Gasteiger partial charge on any atom is 0.158 e. The molecule has 17 heavy (non-hydrogen) atoms. The molecule has 0 radical (unpaired) electrons. The summed E-state index contributed by atoms with van der Waals surface area (Å²) in [6, 6.07) is 0.311. The van der Waals surface area contributed by atoms with E-state index in [1.165, 1.54) is 0 Å². The van der Waals surface area contributed by atoms with Crippen LogP contribution in [0.15, 0.2) is 0 Å². The molecular weight excluding hydrogens is 230 g/mol. The summed E-state index contributed by atoms with van der Waals surface area (Å²) in [6.07, 6.45) is 5.90. The maximum absolute atomic E-state index is 12.5. The Labute approximate surface area is 111 Å². The Morgan fingerprint density at radius 1 is 1.35 bits per heavy atom. The highest BCUT2D eigenvalue weighted by Gasteiger charge is 2.46. The van der Waals surface area contributed by atoms with Gasteiger partial charge in [0.15, 0.2) is 5.78 Å². The van der Waals surface area contributed by atoms with E-state index in [9.17, 15) is 4.79 Å². The van der Waals surface area contributed by atoms with Crippen LogP contribution in [0.1, 0.15) is 66.2 Å². The van der Waals surface area contributed by atoms with Crippen molar-refractivity contribution >= 4 is 23.0 Å². The zero-order valence-corrected chi connectivity index (χ0v) is 12.4. The van der Waals surface area contributed by atoms with Gasteiger partial charge in [-0.05, 0) is 40.0 Å². The van der Waals surface area contributed by atoms with E-state index in [4.69, 9.17) is 12.2 Å². The molecule has 2 nitrogen and oxygen atoms in total. The van der Waals surface area contributed by atoms with Gasteiger partial charge in [-0.3, -0.25) is 4.79 Å². The molecule has 0 spiro atoms. The highest BCUT2D eigenvalue weighted by molar-refractivity contribution is 7.80. The predicted octanol–water partition coefficient (Wildman–Crippen LogP) is 3.73. The molecular formula is C14H25NOS. The Bertz CT molecular complexity index is 293. The van der Waals surface area contributed by atoms with Gasteiger partial charge >= 0.3 is 0 Å². The molecule has 98 valence electrons. The quantitative estimate of drug-likeness (QED) is 0.698. The van der Waals surface area contributed by atoms with Gasteiger partial charge in [-0.2, -0.15) is 0 Å². The van der Waals surface area contributed by atoms with Crippen molar-refractivity contribution in [3.05, 3.63) is 0 Å². The first-order valence-electron chi connectivity index (χ1n) is 6.79. The minimum absolute atomic E-state index is 0.282. The number of hydrogen-bond acceptors (Lipinski definition) is 2. The lowest BCUT2D eigenvalue weighted by Crippen LogP contribution is -2.57. The van der Waals surface area contributed by atoms with Gasteiger partial charge in [-0.1, -0.05) is 32.0 Å². The zero-order valence-electron chi connectivity index (χ0n) is 11.6. The molecule has 0 aromatic carbocycles. The second-order valence-electron chi connectivity index (χ2n) is 5.39. The van der Waals surface area contributed by atoms with E-state index in [0.717, 1.165) is 37.1 Å². The van der Waals surface area contributed by atoms with Crippen LogP contribution < -0.4 is 0 Å². The van der Waals surface area contributed by atoms with Gasteiger partial charge in [-0.25, -0.2) is 0 Å². The van der Waals surface area contributed by atoms with Gasteiger partial charge in [0.05, 0.1) is 10.5 Å². The molecule has 0 aromatic rings. The Morgan fingerprint density at radius 2 is 1.88 bits per heavy atom. The minimum atomic E-state index is -0.282. The molecule has 1 aliphatic rings. The summed E-state index contributed by atoms with van der Waals surface area (Å²) in [5, 5.41) is 0. The standard InChI is InChI=1S/C14H25NOS/c1-5-8-13(16)14(9-6-7-10-14)15(11(2)3)12(4)17/h11H,5-10H2,1-4H3. The van der Waals surface area contributed by atoms with Crippen LogP contribution in [-0.2, 0) is 4.79 Å². The number of hydrogen-bond donors (Lipinski definition) is 0. The molecule has 0 heterocycles. The fourth-order valence-corrected chi connectivity index (χ4v) is 3.62. The average Bonchev–Trinajstić information content (AvgIpc) is 2.67. The topological polar surface area (TPSA) is 20.3 Å². The van der Waals surface area contributed by atoms with Crippen LogP contribution in [-0.4, -0.2) is 27.3 Å². The van der Waals surface area contributed by atoms with Gasteiger partial charge in [0.2, 0.25) is 0 Å². The van der Waals surface area contributed by atoms with Crippen molar-refractivity contribution in [2.45, 2.75) is 77.8 Å². The number of thiocarbonyl (C=S) groups is 1. The summed E-state index contributed by atoms with van der Waals surface area (Å²) in [5.74, 6) is 0.399. The van der Waals surface area contributed by atoms with E-state index < -0.39 is 0 Å². The van der Waals surface area contributed by atoms with Crippen molar-refractivity contribution < 1.29 is 4.79 Å². The van der Waals surface area contributed by atoms with Crippen LogP contribution in [0, 0.1) is 0 Å². The molecule has 1 fully saturated rings. The third-order valence-electron chi connectivity index (χ3n) is 3.74. The third kappa shape index (κ3) is 2.87. The van der Waals surface area contributed by atoms with Gasteiger partial charge < -0.3 is 4.90 Å². The highest BCUT2D eigenvalue weighted by Crippen LogP contribution is 2.38. The normalized spacial score (nSPS) is 18.4. The smallest absolute Gasteiger partial charge is 0.158 e. The molecule has 1 rings (SSSR count). The van der Waals surface area contributed by atoms with E-state index in [1.807, 2.05) is 6.92 Å². The SMILES string of the molecule is CCCC(=O)C1(N(C(C)=S)C(C)C)CCCC1. The Balaban J connectivity index is 3.04. The molecule has 0 saturated heterocycles. The summed E-state index contributed by atoms with van der Waals surface area (Å²) in [6.45, 7) is 8.29. The molecule has 0 amide bonds. The highest BCUT2D eigenvalue weighted by atomic mass is 32.1. The number of ketones is 1. The Morgan fingerprint density at radius 3 is 2.24 bits per heavy atom. The lowest BCUT2D eigenvalue weighted by atomic mass is 9.86.